The molecule has 0 heterocycles. The Morgan fingerprint density at radius 2 is 1.57 bits per heavy atom. The summed E-state index contributed by atoms with van der Waals surface area (Å²) in [5.41, 5.74) is 1.77. The third-order valence-electron chi connectivity index (χ3n) is 3.63. The maximum absolute atomic E-state index is 10.5. The molecule has 0 aliphatic heterocycles. The summed E-state index contributed by atoms with van der Waals surface area (Å²) in [6.45, 7) is 3.38. The number of carbonyl (C=O) groups excluding carboxylic acids is 1. The second-order valence-corrected chi connectivity index (χ2v) is 5.34. The summed E-state index contributed by atoms with van der Waals surface area (Å²) in [5, 5.41) is 10.3. The standard InChI is InChI=1S/C13H13O.C7H7O.Fe/c1-13(14,12-9-5-6-10-12)11-7-3-2-4-8-11;1-6(8)7-4-2-3-5-7;/h2-10,14H,1H3;2-5H,1H3;/q-5;-1;. The maximum atomic E-state index is 10.5. The van der Waals surface area contributed by atoms with Gasteiger partial charge in [0.25, 0.3) is 0 Å². The normalized spacial score (nSPS) is 12.3. The SMILES string of the molecule is CC(=O)[c-]1cccc1.CC(O)(c1ccccc1)[c-]1[cH-][cH-][cH-][cH-]1.[Fe]. The third kappa shape index (κ3) is 5.04. The molecule has 3 aromatic carbocycles. The molecule has 2 nitrogen and oxygen atoms in total. The maximum Gasteiger partial charge on any atom is 0.105 e. The van der Waals surface area contributed by atoms with Crippen LogP contribution in [0.25, 0.3) is 0 Å². The molecular formula is C20H20FeO2-6. The van der Waals surface area contributed by atoms with Gasteiger partial charge < -0.3 is 39.7 Å². The molecule has 1 unspecified atom stereocenters. The van der Waals surface area contributed by atoms with Crippen molar-refractivity contribution in [3.8, 4) is 0 Å². The first-order chi connectivity index (χ1) is 10.5. The molecule has 0 radical (unpaired) electrons. The molecule has 0 saturated heterocycles. The Balaban J connectivity index is 0.000000253. The van der Waals surface area contributed by atoms with Gasteiger partial charge in [0.05, 0.1) is 0 Å². The predicted octanol–water partition coefficient (Wildman–Crippen LogP) is 4.27. The fraction of sp³-hybridized carbons (Fsp3) is 0.150. The number of carbonyl (C=O) groups is 1. The fourth-order valence-electron chi connectivity index (χ4n) is 2.24. The molecule has 0 aromatic heterocycles. The minimum absolute atomic E-state index is 0. The summed E-state index contributed by atoms with van der Waals surface area (Å²) in [6.07, 6.45) is 0. The molecule has 0 saturated carbocycles. The van der Waals surface area contributed by atoms with Crippen molar-refractivity contribution in [1.29, 1.82) is 0 Å². The van der Waals surface area contributed by atoms with Crippen molar-refractivity contribution in [3.63, 3.8) is 0 Å². The van der Waals surface area contributed by atoms with E-state index >= 15 is 0 Å². The van der Waals surface area contributed by atoms with E-state index in [0.717, 1.165) is 16.7 Å². The zero-order chi connectivity index (χ0) is 16.0. The van der Waals surface area contributed by atoms with Crippen LogP contribution in [0.3, 0.4) is 0 Å². The molecule has 3 heteroatoms. The molecule has 126 valence electrons. The number of rotatable bonds is 3. The molecule has 0 aliphatic rings. The largest absolute Gasteiger partial charge is 0.747 e. The third-order valence-corrected chi connectivity index (χ3v) is 3.63. The van der Waals surface area contributed by atoms with Gasteiger partial charge in [-0.3, -0.25) is 0 Å². The minimum atomic E-state index is -0.884. The van der Waals surface area contributed by atoms with Crippen molar-refractivity contribution < 1.29 is 27.0 Å². The van der Waals surface area contributed by atoms with Crippen molar-refractivity contribution in [2.24, 2.45) is 0 Å². The van der Waals surface area contributed by atoms with Gasteiger partial charge in [0.15, 0.2) is 0 Å². The van der Waals surface area contributed by atoms with E-state index in [2.05, 4.69) is 0 Å². The Morgan fingerprint density at radius 1 is 1.04 bits per heavy atom. The van der Waals surface area contributed by atoms with Crippen LogP contribution in [0.1, 0.15) is 35.3 Å². The molecule has 0 amide bonds. The van der Waals surface area contributed by atoms with Gasteiger partial charge in [-0.25, -0.2) is 12.1 Å². The molecule has 1 N–H and O–H groups in total. The average molecular weight is 348 g/mol. The van der Waals surface area contributed by atoms with E-state index in [0.29, 0.717) is 0 Å². The van der Waals surface area contributed by atoms with Gasteiger partial charge in [-0.15, -0.1) is 0 Å². The summed E-state index contributed by atoms with van der Waals surface area (Å²) in [5.74, 6) is 0.134. The molecule has 3 rings (SSSR count). The molecule has 0 fully saturated rings. The monoisotopic (exact) mass is 348 g/mol. The van der Waals surface area contributed by atoms with Gasteiger partial charge in [0, 0.05) is 17.1 Å². The number of benzene rings is 1. The van der Waals surface area contributed by atoms with E-state index in [1.165, 1.54) is 0 Å². The molecular weight excluding hydrogens is 328 g/mol. The van der Waals surface area contributed by atoms with Gasteiger partial charge in [0.1, 0.15) is 5.78 Å². The van der Waals surface area contributed by atoms with Gasteiger partial charge >= 0.3 is 0 Å². The summed E-state index contributed by atoms with van der Waals surface area (Å²) in [6, 6.07) is 24.8. The van der Waals surface area contributed by atoms with Gasteiger partial charge in [0.2, 0.25) is 0 Å². The molecule has 0 aliphatic carbocycles. The first-order valence-corrected chi connectivity index (χ1v) is 7.24. The number of hydrogen-bond donors (Lipinski definition) is 1. The predicted molar refractivity (Wildman–Crippen MR) is 89.2 cm³/mol. The van der Waals surface area contributed by atoms with E-state index in [-0.39, 0.29) is 22.9 Å². The Labute approximate surface area is 148 Å². The van der Waals surface area contributed by atoms with Crippen molar-refractivity contribution >= 4 is 5.78 Å². The van der Waals surface area contributed by atoms with Crippen LogP contribution >= 0.6 is 0 Å². The Hall–Kier alpha value is -1.93. The van der Waals surface area contributed by atoms with E-state index in [9.17, 15) is 9.90 Å². The van der Waals surface area contributed by atoms with Crippen molar-refractivity contribution in [2.75, 3.05) is 0 Å². The van der Waals surface area contributed by atoms with E-state index < -0.39 is 5.60 Å². The van der Waals surface area contributed by atoms with Crippen LogP contribution in [-0.4, -0.2) is 10.9 Å². The first kappa shape index (κ1) is 19.1. The van der Waals surface area contributed by atoms with Crippen LogP contribution in [0, 0.1) is 0 Å². The Kier molecular flexibility index (Phi) is 7.18. The van der Waals surface area contributed by atoms with Crippen molar-refractivity contribution in [3.05, 3.63) is 95.6 Å². The quantitative estimate of drug-likeness (QED) is 0.436. The van der Waals surface area contributed by atoms with Crippen LogP contribution < -0.4 is 0 Å². The van der Waals surface area contributed by atoms with Crippen LogP contribution in [0.5, 0.6) is 0 Å². The van der Waals surface area contributed by atoms with Crippen LogP contribution in [0.4, 0.5) is 0 Å². The van der Waals surface area contributed by atoms with Gasteiger partial charge in [-0.2, -0.15) is 12.1 Å². The van der Waals surface area contributed by atoms with Crippen molar-refractivity contribution in [2.45, 2.75) is 19.4 Å². The minimum Gasteiger partial charge on any atom is -0.747 e. The number of Topliss-reactive ketones (excluding diaryl/α,β-unsaturated/α-hetero) is 1. The van der Waals surface area contributed by atoms with Crippen LogP contribution in [0.2, 0.25) is 0 Å². The topological polar surface area (TPSA) is 37.3 Å². The van der Waals surface area contributed by atoms with Gasteiger partial charge in [-0.05, 0) is 12.5 Å². The van der Waals surface area contributed by atoms with E-state index in [4.69, 9.17) is 0 Å². The molecule has 23 heavy (non-hydrogen) atoms. The molecule has 0 spiro atoms. The smallest absolute Gasteiger partial charge is 0.105 e. The summed E-state index contributed by atoms with van der Waals surface area (Å²) < 4.78 is 0. The van der Waals surface area contributed by atoms with E-state index in [1.54, 1.807) is 6.92 Å². The Bertz CT molecular complexity index is 681. The fourth-order valence-corrected chi connectivity index (χ4v) is 2.24. The first-order valence-electron chi connectivity index (χ1n) is 7.24. The Morgan fingerprint density at radius 3 is 2.00 bits per heavy atom. The molecule has 3 aromatic rings. The van der Waals surface area contributed by atoms with Crippen LogP contribution in [-0.2, 0) is 22.7 Å². The summed E-state index contributed by atoms with van der Waals surface area (Å²) in [7, 11) is 0. The second kappa shape index (κ2) is 8.64. The van der Waals surface area contributed by atoms with Gasteiger partial charge in [-0.1, -0.05) is 48.4 Å². The molecule has 0 bridgehead atoms. The number of ketones is 1. The zero-order valence-electron chi connectivity index (χ0n) is 13.2. The number of aliphatic hydroxyl groups is 1. The summed E-state index contributed by atoms with van der Waals surface area (Å²) in [4.78, 5) is 10.5. The zero-order valence-corrected chi connectivity index (χ0v) is 14.3. The second-order valence-electron chi connectivity index (χ2n) is 5.34. The number of hydrogen-bond acceptors (Lipinski definition) is 2. The van der Waals surface area contributed by atoms with Crippen LogP contribution in [0.15, 0.2) is 78.9 Å². The molecule has 1 atom stereocenters. The summed E-state index contributed by atoms with van der Waals surface area (Å²) >= 11 is 0. The van der Waals surface area contributed by atoms with E-state index in [1.807, 2.05) is 85.8 Å². The average Bonchev–Trinajstić information content (AvgIpc) is 3.22. The van der Waals surface area contributed by atoms with Crippen molar-refractivity contribution in [1.82, 2.24) is 0 Å².